The number of nitrogens with zero attached hydrogens (tertiary/aromatic N) is 2. The number of amides is 4. The summed E-state index contributed by atoms with van der Waals surface area (Å²) in [7, 11) is 1.52. The maximum Gasteiger partial charge on any atom is 0.338 e. The first-order valence-corrected chi connectivity index (χ1v) is 11.5. The molecule has 2 aromatic carbocycles. The number of methoxy groups -OCH3 is 1. The molecule has 1 aliphatic rings. The first-order valence-electron chi connectivity index (χ1n) is 11.5. The van der Waals surface area contributed by atoms with Crippen molar-refractivity contribution in [3.8, 4) is 6.07 Å². The highest BCUT2D eigenvalue weighted by Crippen LogP contribution is 2.32. The molecule has 1 aliphatic heterocycles. The zero-order valence-electron chi connectivity index (χ0n) is 20.5. The van der Waals surface area contributed by atoms with E-state index in [2.05, 4.69) is 16.0 Å². The molecule has 3 rings (SSSR count). The fourth-order valence-corrected chi connectivity index (χ4v) is 3.76. The Labute approximate surface area is 209 Å². The van der Waals surface area contributed by atoms with Crippen molar-refractivity contribution in [2.45, 2.75) is 26.3 Å². The summed E-state index contributed by atoms with van der Waals surface area (Å²) in [4.78, 5) is 39.6. The van der Waals surface area contributed by atoms with Gasteiger partial charge in [-0.25, -0.2) is 14.4 Å². The molecule has 0 aromatic heterocycles. The topological polar surface area (TPSA) is 133 Å². The second kappa shape index (κ2) is 12.4. The minimum Gasteiger partial charge on any atom is -0.460 e. The molecular formula is C26H29N5O5. The molecule has 0 saturated carbocycles. The molecule has 3 N–H and O–H groups in total. The molecular weight excluding hydrogens is 462 g/mol. The molecule has 0 saturated heterocycles. The van der Waals surface area contributed by atoms with Crippen LogP contribution in [0, 0.1) is 11.3 Å². The number of urea groups is 2. The Kier molecular flexibility index (Phi) is 9.02. The number of allylic oxidation sites excluding steroid dienone is 1. The average molecular weight is 492 g/mol. The molecule has 1 heterocycles. The molecule has 188 valence electrons. The summed E-state index contributed by atoms with van der Waals surface area (Å²) in [6.07, 6.45) is 0.728. The Balaban J connectivity index is 1.76. The monoisotopic (exact) mass is 491 g/mol. The van der Waals surface area contributed by atoms with Gasteiger partial charge in [0.25, 0.3) is 0 Å². The lowest BCUT2D eigenvalue weighted by Crippen LogP contribution is -2.48. The lowest BCUT2D eigenvalue weighted by atomic mass is 9.94. The van der Waals surface area contributed by atoms with Gasteiger partial charge in [-0.3, -0.25) is 4.90 Å². The fraction of sp³-hybridized carbons (Fsp3) is 0.308. The third kappa shape index (κ3) is 6.40. The van der Waals surface area contributed by atoms with E-state index in [-0.39, 0.29) is 19.2 Å². The summed E-state index contributed by atoms with van der Waals surface area (Å²) in [6.45, 7) is 4.51. The molecule has 0 spiro atoms. The molecule has 36 heavy (non-hydrogen) atoms. The number of esters is 1. The van der Waals surface area contributed by atoms with E-state index in [9.17, 15) is 14.4 Å². The van der Waals surface area contributed by atoms with Crippen LogP contribution in [-0.2, 0) is 14.3 Å². The first kappa shape index (κ1) is 26.2. The van der Waals surface area contributed by atoms with Gasteiger partial charge in [-0.1, -0.05) is 19.1 Å². The Morgan fingerprint density at radius 3 is 2.22 bits per heavy atom. The van der Waals surface area contributed by atoms with E-state index in [0.29, 0.717) is 40.3 Å². The van der Waals surface area contributed by atoms with Gasteiger partial charge in [-0.05, 0) is 55.3 Å². The van der Waals surface area contributed by atoms with Crippen LogP contribution in [0.1, 0.15) is 37.4 Å². The van der Waals surface area contributed by atoms with Gasteiger partial charge in [-0.2, -0.15) is 5.26 Å². The van der Waals surface area contributed by atoms with Crippen LogP contribution in [-0.4, -0.2) is 49.8 Å². The van der Waals surface area contributed by atoms with Crippen LogP contribution in [0.4, 0.5) is 21.0 Å². The molecule has 0 aliphatic carbocycles. The number of benzene rings is 2. The highest BCUT2D eigenvalue weighted by atomic mass is 16.6. The lowest BCUT2D eigenvalue weighted by molar-refractivity contribution is -0.140. The SMILES string of the molecule is CCCN1C(=O)NC(c2ccc(NC(=O)Nc3ccc(C#N)cc3)cc2)C(C(=O)OCCOC)=C1C. The largest absolute Gasteiger partial charge is 0.460 e. The second-order valence-electron chi connectivity index (χ2n) is 8.05. The summed E-state index contributed by atoms with van der Waals surface area (Å²) in [5, 5.41) is 17.2. The van der Waals surface area contributed by atoms with Crippen molar-refractivity contribution in [2.75, 3.05) is 37.5 Å². The molecule has 10 nitrogen and oxygen atoms in total. The molecule has 0 bridgehead atoms. The van der Waals surface area contributed by atoms with Crippen LogP contribution in [0.3, 0.4) is 0 Å². The van der Waals surface area contributed by atoms with Crippen LogP contribution in [0.5, 0.6) is 0 Å². The molecule has 0 radical (unpaired) electrons. The van der Waals surface area contributed by atoms with Crippen molar-refractivity contribution >= 4 is 29.4 Å². The number of nitrogens with one attached hydrogen (secondary N) is 3. The fourth-order valence-electron chi connectivity index (χ4n) is 3.76. The van der Waals surface area contributed by atoms with E-state index in [1.165, 1.54) is 12.0 Å². The number of ether oxygens (including phenoxy) is 2. The van der Waals surface area contributed by atoms with Gasteiger partial charge in [0.15, 0.2) is 0 Å². The summed E-state index contributed by atoms with van der Waals surface area (Å²) >= 11 is 0. The lowest BCUT2D eigenvalue weighted by Gasteiger charge is -2.35. The highest BCUT2D eigenvalue weighted by molar-refractivity contribution is 6.00. The van der Waals surface area contributed by atoms with Crippen LogP contribution in [0.15, 0.2) is 59.8 Å². The summed E-state index contributed by atoms with van der Waals surface area (Å²) < 4.78 is 10.3. The molecule has 4 amide bonds. The molecule has 1 unspecified atom stereocenters. The number of anilines is 2. The van der Waals surface area contributed by atoms with Gasteiger partial charge in [0.05, 0.1) is 29.9 Å². The molecule has 1 atom stereocenters. The highest BCUT2D eigenvalue weighted by Gasteiger charge is 2.36. The van der Waals surface area contributed by atoms with E-state index < -0.39 is 18.0 Å². The van der Waals surface area contributed by atoms with Crippen molar-refractivity contribution in [1.82, 2.24) is 10.2 Å². The predicted octanol–water partition coefficient (Wildman–Crippen LogP) is 4.14. The van der Waals surface area contributed by atoms with Gasteiger partial charge in [0.1, 0.15) is 6.61 Å². The number of hydrogen-bond acceptors (Lipinski definition) is 6. The number of hydrogen-bond donors (Lipinski definition) is 3. The van der Waals surface area contributed by atoms with Gasteiger partial charge >= 0.3 is 18.0 Å². The Bertz CT molecular complexity index is 1170. The minimum atomic E-state index is -0.706. The molecule has 0 fully saturated rings. The van der Waals surface area contributed by atoms with Crippen molar-refractivity contribution in [3.05, 3.63) is 70.9 Å². The minimum absolute atomic E-state index is 0.0950. The summed E-state index contributed by atoms with van der Waals surface area (Å²) in [5.74, 6) is -0.528. The third-order valence-electron chi connectivity index (χ3n) is 5.56. The maximum absolute atomic E-state index is 13.0. The van der Waals surface area contributed by atoms with Crippen LogP contribution >= 0.6 is 0 Å². The second-order valence-corrected chi connectivity index (χ2v) is 8.05. The normalized spacial score (nSPS) is 15.1. The Morgan fingerprint density at radius 1 is 1.06 bits per heavy atom. The van der Waals surface area contributed by atoms with Gasteiger partial charge < -0.3 is 25.4 Å². The van der Waals surface area contributed by atoms with E-state index in [0.717, 1.165) is 6.42 Å². The van der Waals surface area contributed by atoms with Crippen molar-refractivity contribution in [2.24, 2.45) is 0 Å². The zero-order valence-corrected chi connectivity index (χ0v) is 20.5. The maximum atomic E-state index is 13.0. The number of rotatable bonds is 9. The number of carbonyl (C=O) groups excluding carboxylic acids is 3. The van der Waals surface area contributed by atoms with Crippen LogP contribution in [0.25, 0.3) is 0 Å². The smallest absolute Gasteiger partial charge is 0.338 e. The molecule has 10 heteroatoms. The van der Waals surface area contributed by atoms with E-state index in [1.54, 1.807) is 55.5 Å². The first-order chi connectivity index (χ1) is 17.4. The van der Waals surface area contributed by atoms with Crippen molar-refractivity contribution in [1.29, 1.82) is 5.26 Å². The Morgan fingerprint density at radius 2 is 1.67 bits per heavy atom. The van der Waals surface area contributed by atoms with Gasteiger partial charge in [0.2, 0.25) is 0 Å². The molecule has 2 aromatic rings. The third-order valence-corrected chi connectivity index (χ3v) is 5.56. The van der Waals surface area contributed by atoms with Gasteiger partial charge in [-0.15, -0.1) is 0 Å². The standard InChI is InChI=1S/C26H29N5O5/c1-4-13-31-17(2)22(24(32)36-15-14-35-3)23(30-26(31)34)19-7-11-21(12-8-19)29-25(33)28-20-9-5-18(16-27)6-10-20/h5-12,23H,4,13-15H2,1-3H3,(H,30,34)(H2,28,29,33). The average Bonchev–Trinajstić information content (AvgIpc) is 2.87. The van der Waals surface area contributed by atoms with Crippen LogP contribution in [0.2, 0.25) is 0 Å². The summed E-state index contributed by atoms with van der Waals surface area (Å²) in [5.41, 5.74) is 3.10. The van der Waals surface area contributed by atoms with E-state index in [4.69, 9.17) is 14.7 Å². The summed E-state index contributed by atoms with van der Waals surface area (Å²) in [6, 6.07) is 13.9. The van der Waals surface area contributed by atoms with Crippen LogP contribution < -0.4 is 16.0 Å². The quantitative estimate of drug-likeness (QED) is 0.357. The number of nitriles is 1. The van der Waals surface area contributed by atoms with E-state index >= 15 is 0 Å². The van der Waals surface area contributed by atoms with Crippen molar-refractivity contribution < 1.29 is 23.9 Å². The Hall–Kier alpha value is -4.36. The van der Waals surface area contributed by atoms with E-state index in [1.807, 2.05) is 13.0 Å². The predicted molar refractivity (Wildman–Crippen MR) is 134 cm³/mol. The zero-order chi connectivity index (χ0) is 26.1. The number of carbonyl (C=O) groups is 3. The van der Waals surface area contributed by atoms with Crippen molar-refractivity contribution in [3.63, 3.8) is 0 Å². The van der Waals surface area contributed by atoms with Gasteiger partial charge in [0, 0.05) is 30.7 Å².